The summed E-state index contributed by atoms with van der Waals surface area (Å²) >= 11 is 6.09. The second kappa shape index (κ2) is 9.79. The van der Waals surface area contributed by atoms with Gasteiger partial charge in [-0.15, -0.1) is 0 Å². The van der Waals surface area contributed by atoms with Gasteiger partial charge in [-0.25, -0.2) is 9.37 Å². The molecule has 0 amide bonds. The van der Waals surface area contributed by atoms with Crippen molar-refractivity contribution >= 4 is 45.6 Å². The Labute approximate surface area is 202 Å². The molecule has 0 unspecified atom stereocenters. The molecule has 1 saturated heterocycles. The second-order valence-corrected chi connectivity index (χ2v) is 8.77. The molecule has 3 heterocycles. The molecule has 1 fully saturated rings. The predicted molar refractivity (Wildman–Crippen MR) is 136 cm³/mol. The van der Waals surface area contributed by atoms with E-state index in [-0.39, 0.29) is 5.82 Å². The molecule has 1 aliphatic heterocycles. The van der Waals surface area contributed by atoms with Crippen molar-refractivity contribution in [3.8, 4) is 0 Å². The number of rotatable bonds is 6. The summed E-state index contributed by atoms with van der Waals surface area (Å²) in [6.07, 6.45) is 3.46. The van der Waals surface area contributed by atoms with E-state index in [1.165, 1.54) is 6.07 Å². The Bertz CT molecular complexity index is 1310. The minimum absolute atomic E-state index is 0.280. The third kappa shape index (κ3) is 5.03. The number of nitrogens with zero attached hydrogens (tertiary/aromatic N) is 5. The van der Waals surface area contributed by atoms with E-state index in [4.69, 9.17) is 11.6 Å². The number of fused-ring (bicyclic) bond motifs is 1. The SMILES string of the molecule is CN1CCN(c2nccc(NCc3cc(Nc4ccnc5cc(Cl)ccc45)ccc3F)n2)CC1. The van der Waals surface area contributed by atoms with Gasteiger partial charge in [0.2, 0.25) is 5.95 Å². The fourth-order valence-electron chi connectivity index (χ4n) is 3.97. The van der Waals surface area contributed by atoms with Crippen LogP contribution in [0.2, 0.25) is 5.02 Å². The van der Waals surface area contributed by atoms with Crippen molar-refractivity contribution in [1.29, 1.82) is 0 Å². The first-order chi connectivity index (χ1) is 16.5. The smallest absolute Gasteiger partial charge is 0.227 e. The zero-order chi connectivity index (χ0) is 23.5. The molecule has 7 nitrogen and oxygen atoms in total. The number of pyridine rings is 1. The van der Waals surface area contributed by atoms with E-state index in [0.29, 0.717) is 28.9 Å². The molecule has 5 rings (SSSR count). The predicted octanol–water partition coefficient (Wildman–Crippen LogP) is 4.92. The van der Waals surface area contributed by atoms with E-state index in [1.807, 2.05) is 24.3 Å². The lowest BCUT2D eigenvalue weighted by Gasteiger charge is -2.32. The molecule has 2 N–H and O–H groups in total. The third-order valence-electron chi connectivity index (χ3n) is 5.92. The number of benzene rings is 2. The van der Waals surface area contributed by atoms with Crippen LogP contribution in [0.3, 0.4) is 0 Å². The molecule has 2 aromatic carbocycles. The van der Waals surface area contributed by atoms with Gasteiger partial charge in [0.25, 0.3) is 0 Å². The number of piperazine rings is 1. The van der Waals surface area contributed by atoms with Gasteiger partial charge in [0.1, 0.15) is 11.6 Å². The lowest BCUT2D eigenvalue weighted by molar-refractivity contribution is 0.311. The number of likely N-dealkylation sites (N-methyl/N-ethyl adjacent to an activating group) is 1. The van der Waals surface area contributed by atoms with Gasteiger partial charge in [-0.1, -0.05) is 11.6 Å². The Morgan fingerprint density at radius 3 is 2.65 bits per heavy atom. The van der Waals surface area contributed by atoms with Crippen LogP contribution in [-0.4, -0.2) is 53.1 Å². The summed E-state index contributed by atoms with van der Waals surface area (Å²) in [7, 11) is 2.11. The summed E-state index contributed by atoms with van der Waals surface area (Å²) in [5.74, 6) is 1.08. The van der Waals surface area contributed by atoms with Gasteiger partial charge in [-0.2, -0.15) is 4.98 Å². The lowest BCUT2D eigenvalue weighted by atomic mass is 10.1. The van der Waals surface area contributed by atoms with Crippen molar-refractivity contribution in [2.75, 3.05) is 48.8 Å². The molecule has 0 atom stereocenters. The van der Waals surface area contributed by atoms with Gasteiger partial charge in [-0.3, -0.25) is 4.98 Å². The van der Waals surface area contributed by atoms with E-state index < -0.39 is 0 Å². The molecule has 0 bridgehead atoms. The van der Waals surface area contributed by atoms with Crippen LogP contribution in [0.15, 0.2) is 60.9 Å². The molecule has 0 radical (unpaired) electrons. The van der Waals surface area contributed by atoms with E-state index in [1.54, 1.807) is 30.6 Å². The highest BCUT2D eigenvalue weighted by Gasteiger charge is 2.16. The van der Waals surface area contributed by atoms with Crippen molar-refractivity contribution < 1.29 is 4.39 Å². The summed E-state index contributed by atoms with van der Waals surface area (Å²) in [5, 5.41) is 8.18. The molecular weight excluding hydrogens is 453 g/mol. The topological polar surface area (TPSA) is 69.2 Å². The van der Waals surface area contributed by atoms with Crippen LogP contribution in [0.5, 0.6) is 0 Å². The molecule has 0 saturated carbocycles. The molecule has 9 heteroatoms. The Hall–Kier alpha value is -3.49. The molecule has 174 valence electrons. The summed E-state index contributed by atoms with van der Waals surface area (Å²) in [4.78, 5) is 17.9. The third-order valence-corrected chi connectivity index (χ3v) is 6.15. The number of hydrogen-bond acceptors (Lipinski definition) is 7. The van der Waals surface area contributed by atoms with Gasteiger partial charge in [0.05, 0.1) is 5.52 Å². The van der Waals surface area contributed by atoms with Gasteiger partial charge in [0, 0.05) is 72.5 Å². The van der Waals surface area contributed by atoms with Crippen LogP contribution in [0.1, 0.15) is 5.56 Å². The maximum atomic E-state index is 14.6. The Morgan fingerprint density at radius 2 is 1.79 bits per heavy atom. The first kappa shape index (κ1) is 22.3. The molecule has 1 aliphatic rings. The van der Waals surface area contributed by atoms with Crippen molar-refractivity contribution in [2.24, 2.45) is 0 Å². The minimum Gasteiger partial charge on any atom is -0.366 e. The zero-order valence-electron chi connectivity index (χ0n) is 18.8. The number of halogens is 2. The maximum Gasteiger partial charge on any atom is 0.227 e. The molecular formula is C25H25ClFN7. The van der Waals surface area contributed by atoms with E-state index in [0.717, 1.165) is 48.5 Å². The van der Waals surface area contributed by atoms with Gasteiger partial charge < -0.3 is 20.4 Å². The Morgan fingerprint density at radius 1 is 0.971 bits per heavy atom. The normalized spacial score (nSPS) is 14.4. The largest absolute Gasteiger partial charge is 0.366 e. The first-order valence-corrected chi connectivity index (χ1v) is 11.5. The van der Waals surface area contributed by atoms with Crippen LogP contribution >= 0.6 is 11.6 Å². The van der Waals surface area contributed by atoms with Crippen LogP contribution in [-0.2, 0) is 6.54 Å². The lowest BCUT2D eigenvalue weighted by Crippen LogP contribution is -2.45. The molecule has 34 heavy (non-hydrogen) atoms. The van der Waals surface area contributed by atoms with Gasteiger partial charge in [0.15, 0.2) is 0 Å². The number of anilines is 4. The minimum atomic E-state index is -0.280. The molecule has 0 aliphatic carbocycles. The van der Waals surface area contributed by atoms with Crippen LogP contribution in [0.4, 0.5) is 27.5 Å². The summed E-state index contributed by atoms with van der Waals surface area (Å²) in [6, 6.07) is 14.2. The fraction of sp³-hybridized carbons (Fsp3) is 0.240. The second-order valence-electron chi connectivity index (χ2n) is 8.34. The van der Waals surface area contributed by atoms with Crippen molar-refractivity contribution in [3.05, 3.63) is 77.3 Å². The highest BCUT2D eigenvalue weighted by atomic mass is 35.5. The van der Waals surface area contributed by atoms with Crippen LogP contribution < -0.4 is 15.5 Å². The first-order valence-electron chi connectivity index (χ1n) is 11.2. The Kier molecular flexibility index (Phi) is 6.42. The highest BCUT2D eigenvalue weighted by molar-refractivity contribution is 6.31. The summed E-state index contributed by atoms with van der Waals surface area (Å²) in [6.45, 7) is 4.03. The average Bonchev–Trinajstić information content (AvgIpc) is 2.85. The fourth-order valence-corrected chi connectivity index (χ4v) is 4.13. The summed E-state index contributed by atoms with van der Waals surface area (Å²) in [5.41, 5.74) is 2.98. The quantitative estimate of drug-likeness (QED) is 0.408. The number of aromatic nitrogens is 3. The standard InChI is InChI=1S/C25H25ClFN7/c1-33-10-12-34(13-11-33)25-29-9-7-24(32-25)30-16-17-14-19(3-5-21(17)27)31-22-6-8-28-23-15-18(26)2-4-20(22)23/h2-9,14-15H,10-13,16H2,1H3,(H,28,31)(H,29,30,32). The average molecular weight is 478 g/mol. The maximum absolute atomic E-state index is 14.6. The van der Waals surface area contributed by atoms with Crippen LogP contribution in [0, 0.1) is 5.82 Å². The van der Waals surface area contributed by atoms with E-state index >= 15 is 0 Å². The molecule has 4 aromatic rings. The molecule has 2 aromatic heterocycles. The zero-order valence-corrected chi connectivity index (χ0v) is 19.6. The van der Waals surface area contributed by atoms with Gasteiger partial charge >= 0.3 is 0 Å². The van der Waals surface area contributed by atoms with Crippen molar-refractivity contribution in [1.82, 2.24) is 19.9 Å². The monoisotopic (exact) mass is 477 g/mol. The summed E-state index contributed by atoms with van der Waals surface area (Å²) < 4.78 is 14.6. The Balaban J connectivity index is 1.30. The van der Waals surface area contributed by atoms with E-state index in [9.17, 15) is 4.39 Å². The highest BCUT2D eigenvalue weighted by Crippen LogP contribution is 2.28. The molecule has 0 spiro atoms. The van der Waals surface area contributed by atoms with Crippen LogP contribution in [0.25, 0.3) is 10.9 Å². The number of hydrogen-bond donors (Lipinski definition) is 2. The van der Waals surface area contributed by atoms with Crippen molar-refractivity contribution in [2.45, 2.75) is 6.54 Å². The number of nitrogens with one attached hydrogen (secondary N) is 2. The van der Waals surface area contributed by atoms with Gasteiger partial charge in [-0.05, 0) is 55.6 Å². The van der Waals surface area contributed by atoms with Crippen molar-refractivity contribution in [3.63, 3.8) is 0 Å². The van der Waals surface area contributed by atoms with E-state index in [2.05, 4.69) is 42.4 Å².